The van der Waals surface area contributed by atoms with E-state index in [-0.39, 0.29) is 5.82 Å². The van der Waals surface area contributed by atoms with Gasteiger partial charge >= 0.3 is 0 Å². The molecule has 1 aliphatic rings. The molecule has 0 saturated carbocycles. The molecule has 0 amide bonds. The van der Waals surface area contributed by atoms with Crippen LogP contribution in [-0.4, -0.2) is 20.1 Å². The zero-order chi connectivity index (χ0) is 15.5. The fraction of sp³-hybridized carbons (Fsp3) is 0.667. The lowest BCUT2D eigenvalue weighted by Crippen LogP contribution is -2.28. The van der Waals surface area contributed by atoms with Gasteiger partial charge in [-0.25, -0.2) is 4.39 Å². The minimum atomic E-state index is -0.0861. The number of nitrogens with one attached hydrogen (secondary N) is 1. The smallest absolute Gasteiger partial charge is 0.146 e. The number of hydrogen-bond acceptors (Lipinski definition) is 2. The maximum absolute atomic E-state index is 14.4. The van der Waals surface area contributed by atoms with Crippen molar-refractivity contribution in [1.82, 2.24) is 5.32 Å². The van der Waals surface area contributed by atoms with Crippen LogP contribution in [0.5, 0.6) is 0 Å². The van der Waals surface area contributed by atoms with Gasteiger partial charge in [-0.3, -0.25) is 0 Å². The van der Waals surface area contributed by atoms with Crippen LogP contribution in [-0.2, 0) is 6.54 Å². The molecular formula is C18H29FN2. The first-order valence-electron chi connectivity index (χ1n) is 8.10. The van der Waals surface area contributed by atoms with Gasteiger partial charge in [-0.15, -0.1) is 0 Å². The third-order valence-corrected chi connectivity index (χ3v) is 4.71. The van der Waals surface area contributed by atoms with E-state index in [1.54, 1.807) is 12.1 Å². The number of hydrogen-bond donors (Lipinski definition) is 1. The Morgan fingerprint density at radius 3 is 2.67 bits per heavy atom. The molecule has 1 unspecified atom stereocenters. The van der Waals surface area contributed by atoms with Crippen molar-refractivity contribution in [1.29, 1.82) is 0 Å². The van der Waals surface area contributed by atoms with Crippen molar-refractivity contribution < 1.29 is 4.39 Å². The van der Waals surface area contributed by atoms with E-state index in [1.807, 2.05) is 13.1 Å². The van der Waals surface area contributed by atoms with Crippen molar-refractivity contribution in [3.05, 3.63) is 29.6 Å². The summed E-state index contributed by atoms with van der Waals surface area (Å²) >= 11 is 0. The van der Waals surface area contributed by atoms with Crippen molar-refractivity contribution in [2.24, 2.45) is 11.3 Å². The highest BCUT2D eigenvalue weighted by Crippen LogP contribution is 2.36. The molecule has 1 aromatic rings. The van der Waals surface area contributed by atoms with Crippen molar-refractivity contribution in [2.75, 3.05) is 25.0 Å². The van der Waals surface area contributed by atoms with Gasteiger partial charge in [0.15, 0.2) is 0 Å². The normalized spacial score (nSPS) is 20.4. The van der Waals surface area contributed by atoms with E-state index in [2.05, 4.69) is 31.0 Å². The van der Waals surface area contributed by atoms with E-state index < -0.39 is 0 Å². The van der Waals surface area contributed by atoms with Crippen LogP contribution < -0.4 is 10.2 Å². The number of para-hydroxylation sites is 1. The Balaban J connectivity index is 2.19. The Bertz CT molecular complexity index is 465. The predicted octanol–water partition coefficient (Wildman–Crippen LogP) is 4.20. The Morgan fingerprint density at radius 2 is 2.00 bits per heavy atom. The predicted molar refractivity (Wildman–Crippen MR) is 88.2 cm³/mol. The topological polar surface area (TPSA) is 15.3 Å². The minimum absolute atomic E-state index is 0.0861. The van der Waals surface area contributed by atoms with Crippen molar-refractivity contribution in [3.8, 4) is 0 Å². The lowest BCUT2D eigenvalue weighted by atomic mass is 9.77. The second-order valence-corrected chi connectivity index (χ2v) is 7.26. The summed E-state index contributed by atoms with van der Waals surface area (Å²) in [7, 11) is 1.91. The SMILES string of the molecule is CNCc1cccc(F)c1N1CCCC(C(C)(C)C)CC1. The molecule has 0 aliphatic carbocycles. The zero-order valence-electron chi connectivity index (χ0n) is 13.9. The summed E-state index contributed by atoms with van der Waals surface area (Å²) in [5, 5.41) is 3.15. The highest BCUT2D eigenvalue weighted by molar-refractivity contribution is 5.55. The highest BCUT2D eigenvalue weighted by Gasteiger charge is 2.28. The van der Waals surface area contributed by atoms with Crippen LogP contribution in [0.2, 0.25) is 0 Å². The van der Waals surface area contributed by atoms with Crippen LogP contribution in [0.1, 0.15) is 45.6 Å². The fourth-order valence-corrected chi connectivity index (χ4v) is 3.43. The Morgan fingerprint density at radius 1 is 1.24 bits per heavy atom. The number of anilines is 1. The summed E-state index contributed by atoms with van der Waals surface area (Å²) in [5.74, 6) is 0.638. The van der Waals surface area contributed by atoms with Crippen LogP contribution in [0.25, 0.3) is 0 Å². The number of halogens is 1. The van der Waals surface area contributed by atoms with Crippen LogP contribution in [0.3, 0.4) is 0 Å². The first-order valence-corrected chi connectivity index (χ1v) is 8.10. The quantitative estimate of drug-likeness (QED) is 0.898. The molecular weight excluding hydrogens is 263 g/mol. The summed E-state index contributed by atoms with van der Waals surface area (Å²) in [4.78, 5) is 2.26. The van der Waals surface area contributed by atoms with Gasteiger partial charge in [-0.05, 0) is 49.3 Å². The van der Waals surface area contributed by atoms with E-state index in [0.717, 1.165) is 43.1 Å². The van der Waals surface area contributed by atoms with E-state index in [0.29, 0.717) is 12.0 Å². The molecule has 118 valence electrons. The second kappa shape index (κ2) is 6.78. The van der Waals surface area contributed by atoms with Crippen LogP contribution in [0, 0.1) is 17.2 Å². The van der Waals surface area contributed by atoms with Crippen molar-refractivity contribution in [2.45, 2.75) is 46.6 Å². The molecule has 3 heteroatoms. The molecule has 21 heavy (non-hydrogen) atoms. The van der Waals surface area contributed by atoms with E-state index in [4.69, 9.17) is 0 Å². The summed E-state index contributed by atoms with van der Waals surface area (Å²) in [6.45, 7) is 9.60. The molecule has 1 aromatic carbocycles. The van der Waals surface area contributed by atoms with E-state index in [9.17, 15) is 4.39 Å². The molecule has 0 aromatic heterocycles. The van der Waals surface area contributed by atoms with Gasteiger partial charge in [0.25, 0.3) is 0 Å². The largest absolute Gasteiger partial charge is 0.369 e. The molecule has 1 saturated heterocycles. The van der Waals surface area contributed by atoms with Gasteiger partial charge in [0.1, 0.15) is 5.82 Å². The summed E-state index contributed by atoms with van der Waals surface area (Å²) < 4.78 is 14.4. The molecule has 2 rings (SSSR count). The maximum Gasteiger partial charge on any atom is 0.146 e. The Hall–Kier alpha value is -1.09. The lowest BCUT2D eigenvalue weighted by Gasteiger charge is -2.30. The number of rotatable bonds is 3. The van der Waals surface area contributed by atoms with Crippen LogP contribution >= 0.6 is 0 Å². The second-order valence-electron chi connectivity index (χ2n) is 7.26. The van der Waals surface area contributed by atoms with Crippen LogP contribution in [0.15, 0.2) is 18.2 Å². The Kier molecular flexibility index (Phi) is 5.26. The van der Waals surface area contributed by atoms with Gasteiger partial charge < -0.3 is 10.2 Å². The van der Waals surface area contributed by atoms with Gasteiger partial charge in [0, 0.05) is 19.6 Å². The summed E-state index contributed by atoms with van der Waals surface area (Å²) in [6, 6.07) is 5.42. The van der Waals surface area contributed by atoms with E-state index in [1.165, 1.54) is 6.42 Å². The third kappa shape index (κ3) is 3.97. The third-order valence-electron chi connectivity index (χ3n) is 4.71. The average molecular weight is 292 g/mol. The molecule has 0 radical (unpaired) electrons. The molecule has 1 fully saturated rings. The summed E-state index contributed by atoms with van der Waals surface area (Å²) in [5.41, 5.74) is 2.21. The fourth-order valence-electron chi connectivity index (χ4n) is 3.43. The highest BCUT2D eigenvalue weighted by atomic mass is 19.1. The standard InChI is InChI=1S/C18H29FN2/c1-18(2,3)15-8-6-11-21(12-10-15)17-14(13-20-4)7-5-9-16(17)19/h5,7,9,15,20H,6,8,10-13H2,1-4H3. The first kappa shape index (κ1) is 16.3. The molecule has 2 nitrogen and oxygen atoms in total. The van der Waals surface area contributed by atoms with Gasteiger partial charge in [0.05, 0.1) is 5.69 Å². The van der Waals surface area contributed by atoms with Crippen molar-refractivity contribution >= 4 is 5.69 Å². The first-order chi connectivity index (χ1) is 9.93. The van der Waals surface area contributed by atoms with Gasteiger partial charge in [0.2, 0.25) is 0 Å². The van der Waals surface area contributed by atoms with Crippen LogP contribution in [0.4, 0.5) is 10.1 Å². The molecule has 1 aliphatic heterocycles. The number of benzene rings is 1. The Labute approximate surface area is 128 Å². The average Bonchev–Trinajstić information content (AvgIpc) is 2.64. The zero-order valence-corrected chi connectivity index (χ0v) is 13.9. The molecule has 0 spiro atoms. The lowest BCUT2D eigenvalue weighted by molar-refractivity contribution is 0.220. The number of nitrogens with zero attached hydrogens (tertiary/aromatic N) is 1. The van der Waals surface area contributed by atoms with E-state index >= 15 is 0 Å². The maximum atomic E-state index is 14.4. The molecule has 0 bridgehead atoms. The molecule has 1 heterocycles. The molecule has 1 atom stereocenters. The van der Waals surface area contributed by atoms with Gasteiger partial charge in [-0.1, -0.05) is 32.9 Å². The monoisotopic (exact) mass is 292 g/mol. The van der Waals surface area contributed by atoms with Crippen molar-refractivity contribution in [3.63, 3.8) is 0 Å². The minimum Gasteiger partial charge on any atom is -0.369 e. The molecule has 1 N–H and O–H groups in total. The van der Waals surface area contributed by atoms with Gasteiger partial charge in [-0.2, -0.15) is 0 Å². The summed E-state index contributed by atoms with van der Waals surface area (Å²) in [6.07, 6.45) is 3.54.